The van der Waals surface area contributed by atoms with E-state index < -0.39 is 15.4 Å². The normalized spacial score (nSPS) is 22.1. The van der Waals surface area contributed by atoms with E-state index in [1.165, 1.54) is 10.6 Å². The molecule has 2 rings (SSSR count). The predicted octanol–water partition coefficient (Wildman–Crippen LogP) is 1.84. The molecule has 134 valence electrons. The number of ether oxygens (including phenoxy) is 2. The minimum Gasteiger partial charge on any atom is -0.497 e. The van der Waals surface area contributed by atoms with Gasteiger partial charge in [-0.3, -0.25) is 4.79 Å². The van der Waals surface area contributed by atoms with Crippen LogP contribution in [0.4, 0.5) is 0 Å². The number of nitrogens with zero attached hydrogens (tertiary/aromatic N) is 1. The van der Waals surface area contributed by atoms with Crippen LogP contribution in [0, 0.1) is 5.41 Å². The number of esters is 1. The molecule has 0 saturated carbocycles. The molecule has 1 unspecified atom stereocenters. The number of benzene rings is 1. The molecule has 0 spiro atoms. The van der Waals surface area contributed by atoms with Crippen molar-refractivity contribution in [1.82, 2.24) is 4.31 Å². The lowest BCUT2D eigenvalue weighted by atomic mass is 9.75. The van der Waals surface area contributed by atoms with Gasteiger partial charge in [0.2, 0.25) is 10.0 Å². The molecule has 1 saturated heterocycles. The van der Waals surface area contributed by atoms with E-state index in [-0.39, 0.29) is 19.1 Å². The van der Waals surface area contributed by atoms with Crippen LogP contribution in [0.3, 0.4) is 0 Å². The topological polar surface area (TPSA) is 72.9 Å². The Bertz CT molecular complexity index is 688. The molecule has 0 aliphatic carbocycles. The highest BCUT2D eigenvalue weighted by Gasteiger charge is 2.45. The summed E-state index contributed by atoms with van der Waals surface area (Å²) in [5.74, 6) is 0.378. The second-order valence-electron chi connectivity index (χ2n) is 6.23. The Morgan fingerprint density at radius 1 is 1.38 bits per heavy atom. The predicted molar refractivity (Wildman–Crippen MR) is 91.4 cm³/mol. The molecule has 1 heterocycles. The first kappa shape index (κ1) is 18.7. The number of piperidine rings is 1. The average molecular weight is 355 g/mol. The maximum atomic E-state index is 12.7. The molecule has 1 aliphatic heterocycles. The zero-order valence-electron chi connectivity index (χ0n) is 14.4. The lowest BCUT2D eigenvalue weighted by molar-refractivity contribution is -0.157. The third kappa shape index (κ3) is 4.27. The first-order chi connectivity index (χ1) is 11.3. The SMILES string of the molecule is CCOC(=O)C1(Cc2cccc(OC)c2)CCCN(S(C)(=O)=O)C1. The zero-order chi connectivity index (χ0) is 17.8. The van der Waals surface area contributed by atoms with Crippen LogP contribution in [0.5, 0.6) is 5.75 Å². The van der Waals surface area contributed by atoms with Crippen molar-refractivity contribution in [2.75, 3.05) is 33.1 Å². The highest BCUT2D eigenvalue weighted by atomic mass is 32.2. The van der Waals surface area contributed by atoms with Gasteiger partial charge in [0.1, 0.15) is 5.75 Å². The third-order valence-corrected chi connectivity index (χ3v) is 5.65. The number of sulfonamides is 1. The Hall–Kier alpha value is -1.60. The van der Waals surface area contributed by atoms with Gasteiger partial charge in [0.15, 0.2) is 0 Å². The summed E-state index contributed by atoms with van der Waals surface area (Å²) < 4.78 is 35.8. The second kappa shape index (κ2) is 7.53. The maximum Gasteiger partial charge on any atom is 0.313 e. The van der Waals surface area contributed by atoms with Gasteiger partial charge >= 0.3 is 5.97 Å². The first-order valence-electron chi connectivity index (χ1n) is 8.06. The van der Waals surface area contributed by atoms with Crippen molar-refractivity contribution < 1.29 is 22.7 Å². The fourth-order valence-corrected chi connectivity index (χ4v) is 4.16. The van der Waals surface area contributed by atoms with Gasteiger partial charge in [0.05, 0.1) is 25.4 Å². The van der Waals surface area contributed by atoms with E-state index in [2.05, 4.69) is 0 Å². The van der Waals surface area contributed by atoms with Gasteiger partial charge in [-0.05, 0) is 43.9 Å². The monoisotopic (exact) mass is 355 g/mol. The molecule has 1 aromatic rings. The standard InChI is InChI=1S/C17H25NO5S/c1-4-23-16(19)17(9-6-10-18(13-17)24(3,20)21)12-14-7-5-8-15(11-14)22-2/h5,7-8,11H,4,6,9-10,12-13H2,1-3H3. The number of carbonyl (C=O) groups is 1. The number of carbonyl (C=O) groups excluding carboxylic acids is 1. The Kier molecular flexibility index (Phi) is 5.87. The van der Waals surface area contributed by atoms with Crippen LogP contribution < -0.4 is 4.74 Å². The minimum absolute atomic E-state index is 0.155. The fourth-order valence-electron chi connectivity index (χ4n) is 3.21. The van der Waals surface area contributed by atoms with Gasteiger partial charge in [-0.1, -0.05) is 12.1 Å². The highest BCUT2D eigenvalue weighted by molar-refractivity contribution is 7.88. The Labute approximate surface area is 143 Å². The Morgan fingerprint density at radius 2 is 2.12 bits per heavy atom. The van der Waals surface area contributed by atoms with Crippen LogP contribution in [0.25, 0.3) is 0 Å². The molecular formula is C17H25NO5S. The summed E-state index contributed by atoms with van der Waals surface area (Å²) in [5.41, 5.74) is 0.0710. The van der Waals surface area contributed by atoms with Gasteiger partial charge in [0.25, 0.3) is 0 Å². The summed E-state index contributed by atoms with van der Waals surface area (Å²) in [6.45, 7) is 2.63. The minimum atomic E-state index is -3.35. The summed E-state index contributed by atoms with van der Waals surface area (Å²) in [4.78, 5) is 12.7. The summed E-state index contributed by atoms with van der Waals surface area (Å²) in [6, 6.07) is 7.50. The summed E-state index contributed by atoms with van der Waals surface area (Å²) in [7, 11) is -1.76. The zero-order valence-corrected chi connectivity index (χ0v) is 15.3. The van der Waals surface area contributed by atoms with Gasteiger partial charge in [-0.15, -0.1) is 0 Å². The van der Waals surface area contributed by atoms with Crippen LogP contribution in [-0.2, 0) is 26.0 Å². The second-order valence-corrected chi connectivity index (χ2v) is 8.21. The average Bonchev–Trinajstić information content (AvgIpc) is 2.54. The van der Waals surface area contributed by atoms with Crippen LogP contribution in [-0.4, -0.2) is 51.8 Å². The molecular weight excluding hydrogens is 330 g/mol. The van der Waals surface area contributed by atoms with Crippen LogP contribution in [0.2, 0.25) is 0 Å². The van der Waals surface area contributed by atoms with Crippen LogP contribution in [0.1, 0.15) is 25.3 Å². The highest BCUT2D eigenvalue weighted by Crippen LogP contribution is 2.36. The molecule has 24 heavy (non-hydrogen) atoms. The molecule has 1 atom stereocenters. The lowest BCUT2D eigenvalue weighted by Gasteiger charge is -2.40. The summed E-state index contributed by atoms with van der Waals surface area (Å²) in [6.07, 6.45) is 2.85. The van der Waals surface area contributed by atoms with Gasteiger partial charge in [-0.25, -0.2) is 12.7 Å². The van der Waals surface area contributed by atoms with Gasteiger partial charge < -0.3 is 9.47 Å². The molecule has 1 aromatic carbocycles. The van der Waals surface area contributed by atoms with Crippen molar-refractivity contribution in [2.45, 2.75) is 26.2 Å². The first-order valence-corrected chi connectivity index (χ1v) is 9.91. The molecule has 1 fully saturated rings. The fraction of sp³-hybridized carbons (Fsp3) is 0.588. The van der Waals surface area contributed by atoms with Crippen molar-refractivity contribution in [3.8, 4) is 5.75 Å². The number of hydrogen-bond donors (Lipinski definition) is 0. The molecule has 1 aliphatic rings. The third-order valence-electron chi connectivity index (χ3n) is 4.40. The molecule has 0 N–H and O–H groups in total. The molecule has 6 nitrogen and oxygen atoms in total. The quantitative estimate of drug-likeness (QED) is 0.728. The van der Waals surface area contributed by atoms with E-state index in [0.717, 1.165) is 5.56 Å². The summed E-state index contributed by atoms with van der Waals surface area (Å²) >= 11 is 0. The van der Waals surface area contributed by atoms with E-state index in [1.807, 2.05) is 24.3 Å². The van der Waals surface area contributed by atoms with Gasteiger partial charge in [-0.2, -0.15) is 0 Å². The van der Waals surface area contributed by atoms with Crippen molar-refractivity contribution in [1.29, 1.82) is 0 Å². The Morgan fingerprint density at radius 3 is 2.75 bits per heavy atom. The number of rotatable bonds is 6. The lowest BCUT2D eigenvalue weighted by Crippen LogP contribution is -2.51. The number of methoxy groups -OCH3 is 1. The largest absolute Gasteiger partial charge is 0.497 e. The molecule has 0 aromatic heterocycles. The smallest absolute Gasteiger partial charge is 0.313 e. The molecule has 7 heteroatoms. The van der Waals surface area contributed by atoms with Crippen molar-refractivity contribution in [3.63, 3.8) is 0 Å². The molecule has 0 radical (unpaired) electrons. The van der Waals surface area contributed by atoms with Crippen molar-refractivity contribution in [2.24, 2.45) is 5.41 Å². The van der Waals surface area contributed by atoms with E-state index >= 15 is 0 Å². The molecule has 0 amide bonds. The van der Waals surface area contributed by atoms with Crippen LogP contribution >= 0.6 is 0 Å². The van der Waals surface area contributed by atoms with Crippen molar-refractivity contribution >= 4 is 16.0 Å². The summed E-state index contributed by atoms with van der Waals surface area (Å²) in [5, 5.41) is 0. The Balaban J connectivity index is 2.34. The van der Waals surface area contributed by atoms with E-state index in [4.69, 9.17) is 9.47 Å². The van der Waals surface area contributed by atoms with E-state index in [1.54, 1.807) is 14.0 Å². The van der Waals surface area contributed by atoms with E-state index in [0.29, 0.717) is 31.6 Å². The number of hydrogen-bond acceptors (Lipinski definition) is 5. The molecule has 0 bridgehead atoms. The van der Waals surface area contributed by atoms with Crippen molar-refractivity contribution in [3.05, 3.63) is 29.8 Å². The van der Waals surface area contributed by atoms with Gasteiger partial charge in [0, 0.05) is 13.1 Å². The van der Waals surface area contributed by atoms with E-state index in [9.17, 15) is 13.2 Å². The maximum absolute atomic E-state index is 12.7. The van der Waals surface area contributed by atoms with Crippen LogP contribution in [0.15, 0.2) is 24.3 Å².